The van der Waals surface area contributed by atoms with Crippen molar-refractivity contribution in [1.82, 2.24) is 4.98 Å². The average Bonchev–Trinajstić information content (AvgIpc) is 3.07. The van der Waals surface area contributed by atoms with E-state index in [0.29, 0.717) is 41.6 Å². The second kappa shape index (κ2) is 7.76. The van der Waals surface area contributed by atoms with Gasteiger partial charge >= 0.3 is 6.18 Å². The van der Waals surface area contributed by atoms with E-state index in [0.717, 1.165) is 19.0 Å². The van der Waals surface area contributed by atoms with Crippen LogP contribution in [-0.4, -0.2) is 17.5 Å². The van der Waals surface area contributed by atoms with Gasteiger partial charge in [0.1, 0.15) is 0 Å². The number of halogens is 4. The van der Waals surface area contributed by atoms with E-state index >= 15 is 0 Å². The Balaban J connectivity index is 1.43. The Morgan fingerprint density at radius 3 is 2.57 bits per heavy atom. The maximum atomic E-state index is 13.1. The highest BCUT2D eigenvalue weighted by Crippen LogP contribution is 2.50. The number of rotatable bonds is 3. The van der Waals surface area contributed by atoms with Gasteiger partial charge in [0.15, 0.2) is 0 Å². The molecule has 1 saturated carbocycles. The van der Waals surface area contributed by atoms with Crippen LogP contribution in [0.25, 0.3) is 0 Å². The number of hydrogen-bond donors (Lipinski definition) is 1. The molecule has 0 bridgehead atoms. The summed E-state index contributed by atoms with van der Waals surface area (Å²) in [6, 6.07) is 8.12. The third kappa shape index (κ3) is 4.00. The van der Waals surface area contributed by atoms with Crippen molar-refractivity contribution in [2.75, 3.05) is 11.9 Å². The zero-order chi connectivity index (χ0) is 21.5. The van der Waals surface area contributed by atoms with E-state index in [9.17, 15) is 18.0 Å². The number of hydrogen-bond acceptors (Lipinski definition) is 3. The zero-order valence-electron chi connectivity index (χ0n) is 16.4. The van der Waals surface area contributed by atoms with Crippen LogP contribution < -0.4 is 10.1 Å². The molecule has 1 spiro atoms. The van der Waals surface area contributed by atoms with Crippen molar-refractivity contribution in [3.05, 3.63) is 52.7 Å². The molecule has 1 N–H and O–H groups in total. The van der Waals surface area contributed by atoms with Gasteiger partial charge < -0.3 is 10.1 Å². The molecule has 4 rings (SSSR count). The predicted octanol–water partition coefficient (Wildman–Crippen LogP) is 5.85. The standard InChI is InChI=1S/C22H22ClF3N2O2/c1-13(19(29)28-17-4-2-16(23)3-5-17)14-6-8-21(9-7-14)12-30-20-18(21)10-15(11-27-20)22(24,25)26/h2-5,10-11,13-14H,6-9,12H2,1H3,(H,28,29)/t13-,14-,21-/m0/s1. The molecule has 4 nitrogen and oxygen atoms in total. The summed E-state index contributed by atoms with van der Waals surface area (Å²) in [5.74, 6) is 0.183. The average molecular weight is 439 g/mol. The minimum atomic E-state index is -4.43. The van der Waals surface area contributed by atoms with Crippen molar-refractivity contribution < 1.29 is 22.7 Å². The lowest BCUT2D eigenvalue weighted by Crippen LogP contribution is -2.37. The van der Waals surface area contributed by atoms with E-state index in [2.05, 4.69) is 10.3 Å². The van der Waals surface area contributed by atoms with E-state index in [1.807, 2.05) is 6.92 Å². The molecule has 0 unspecified atom stereocenters. The normalized spacial score (nSPS) is 24.2. The van der Waals surface area contributed by atoms with Crippen molar-refractivity contribution in [3.8, 4) is 5.88 Å². The Labute approximate surface area is 177 Å². The quantitative estimate of drug-likeness (QED) is 0.654. The second-order valence-electron chi connectivity index (χ2n) is 8.27. The van der Waals surface area contributed by atoms with Gasteiger partial charge in [-0.25, -0.2) is 4.98 Å². The number of nitrogens with zero attached hydrogens (tertiary/aromatic N) is 1. The number of pyridine rings is 1. The maximum absolute atomic E-state index is 13.1. The molecule has 1 aromatic carbocycles. The van der Waals surface area contributed by atoms with Crippen LogP contribution >= 0.6 is 11.6 Å². The summed E-state index contributed by atoms with van der Waals surface area (Å²) in [5, 5.41) is 3.51. The molecule has 2 aliphatic rings. The highest BCUT2D eigenvalue weighted by Gasteiger charge is 2.46. The van der Waals surface area contributed by atoms with Crippen molar-refractivity contribution >= 4 is 23.2 Å². The zero-order valence-corrected chi connectivity index (χ0v) is 17.2. The molecule has 160 valence electrons. The first kappa shape index (κ1) is 21.0. The van der Waals surface area contributed by atoms with E-state index < -0.39 is 17.2 Å². The monoisotopic (exact) mass is 438 g/mol. The number of carbonyl (C=O) groups excluding carboxylic acids is 1. The van der Waals surface area contributed by atoms with Crippen LogP contribution in [0, 0.1) is 11.8 Å². The number of amides is 1. The van der Waals surface area contributed by atoms with Crippen LogP contribution in [-0.2, 0) is 16.4 Å². The Kier molecular flexibility index (Phi) is 5.43. The van der Waals surface area contributed by atoms with Gasteiger partial charge in [-0.2, -0.15) is 13.2 Å². The molecule has 1 atom stereocenters. The minimum Gasteiger partial charge on any atom is -0.476 e. The molecule has 2 heterocycles. The van der Waals surface area contributed by atoms with Crippen LogP contribution in [0.4, 0.5) is 18.9 Å². The SMILES string of the molecule is C[C@H](C(=O)Nc1ccc(Cl)cc1)[C@H]1CC[C@]2(CC1)COc1ncc(C(F)(F)F)cc12. The van der Waals surface area contributed by atoms with Crippen LogP contribution in [0.5, 0.6) is 5.88 Å². The van der Waals surface area contributed by atoms with Gasteiger partial charge in [-0.1, -0.05) is 18.5 Å². The highest BCUT2D eigenvalue weighted by atomic mass is 35.5. The lowest BCUT2D eigenvalue weighted by Gasteiger charge is -2.38. The third-order valence-electron chi connectivity index (χ3n) is 6.45. The summed E-state index contributed by atoms with van der Waals surface area (Å²) >= 11 is 5.87. The molecule has 0 saturated heterocycles. The number of nitrogens with one attached hydrogen (secondary N) is 1. The van der Waals surface area contributed by atoms with Gasteiger partial charge in [-0.3, -0.25) is 4.79 Å². The number of alkyl halides is 3. The lowest BCUT2D eigenvalue weighted by atomic mass is 9.65. The summed E-state index contributed by atoms with van der Waals surface area (Å²) in [4.78, 5) is 16.6. The first-order valence-electron chi connectivity index (χ1n) is 9.95. The summed E-state index contributed by atoms with van der Waals surface area (Å²) in [5.41, 5.74) is 0.0392. The Hall–Kier alpha value is -2.28. The van der Waals surface area contributed by atoms with Crippen LogP contribution in [0.3, 0.4) is 0 Å². The van der Waals surface area contributed by atoms with Crippen LogP contribution in [0.15, 0.2) is 36.5 Å². The Bertz CT molecular complexity index is 938. The fourth-order valence-corrected chi connectivity index (χ4v) is 4.62. The van der Waals surface area contributed by atoms with E-state index in [1.54, 1.807) is 24.3 Å². The molecule has 30 heavy (non-hydrogen) atoms. The largest absolute Gasteiger partial charge is 0.476 e. The highest BCUT2D eigenvalue weighted by molar-refractivity contribution is 6.30. The number of ether oxygens (including phenoxy) is 1. The van der Waals surface area contributed by atoms with Crippen LogP contribution in [0.1, 0.15) is 43.7 Å². The van der Waals surface area contributed by atoms with Crippen molar-refractivity contribution in [1.29, 1.82) is 0 Å². The summed E-state index contributed by atoms with van der Waals surface area (Å²) in [6.07, 6.45) is -0.773. The van der Waals surface area contributed by atoms with Gasteiger partial charge in [0.05, 0.1) is 12.2 Å². The van der Waals surface area contributed by atoms with Crippen LogP contribution in [0.2, 0.25) is 5.02 Å². The molecule has 1 fully saturated rings. The molecule has 8 heteroatoms. The van der Waals surface area contributed by atoms with Gasteiger partial charge in [-0.15, -0.1) is 0 Å². The van der Waals surface area contributed by atoms with Crippen molar-refractivity contribution in [2.45, 2.75) is 44.2 Å². The topological polar surface area (TPSA) is 51.2 Å². The summed E-state index contributed by atoms with van der Waals surface area (Å²) in [7, 11) is 0. The number of fused-ring (bicyclic) bond motifs is 2. The van der Waals surface area contributed by atoms with Crippen molar-refractivity contribution in [2.24, 2.45) is 11.8 Å². The molecule has 2 aromatic rings. The smallest absolute Gasteiger partial charge is 0.417 e. The second-order valence-corrected chi connectivity index (χ2v) is 8.70. The first-order valence-corrected chi connectivity index (χ1v) is 10.3. The molecule has 1 aromatic heterocycles. The number of aromatic nitrogens is 1. The van der Waals surface area contributed by atoms with Crippen molar-refractivity contribution in [3.63, 3.8) is 0 Å². The van der Waals surface area contributed by atoms with E-state index in [4.69, 9.17) is 16.3 Å². The van der Waals surface area contributed by atoms with Gasteiger partial charge in [0.25, 0.3) is 0 Å². The van der Waals surface area contributed by atoms with E-state index in [-0.39, 0.29) is 17.7 Å². The van der Waals surface area contributed by atoms with E-state index in [1.165, 1.54) is 6.07 Å². The molecular formula is C22H22ClF3N2O2. The Morgan fingerprint density at radius 1 is 1.27 bits per heavy atom. The molecular weight excluding hydrogens is 417 g/mol. The minimum absolute atomic E-state index is 0.0673. The summed E-state index contributed by atoms with van der Waals surface area (Å²) in [6.45, 7) is 2.24. The first-order chi connectivity index (χ1) is 14.2. The molecule has 1 aliphatic heterocycles. The fraction of sp³-hybridized carbons (Fsp3) is 0.455. The third-order valence-corrected chi connectivity index (χ3v) is 6.71. The van der Waals surface area contributed by atoms with Gasteiger partial charge in [0.2, 0.25) is 11.8 Å². The summed E-state index contributed by atoms with van der Waals surface area (Å²) < 4.78 is 45.0. The molecule has 1 amide bonds. The van der Waals surface area contributed by atoms with Gasteiger partial charge in [0, 0.05) is 33.8 Å². The Morgan fingerprint density at radius 2 is 1.93 bits per heavy atom. The maximum Gasteiger partial charge on any atom is 0.417 e. The molecule has 0 radical (unpaired) electrons. The number of anilines is 1. The lowest BCUT2D eigenvalue weighted by molar-refractivity contribution is -0.138. The number of benzene rings is 1. The predicted molar refractivity (Wildman–Crippen MR) is 108 cm³/mol. The fourth-order valence-electron chi connectivity index (χ4n) is 4.50. The molecule has 1 aliphatic carbocycles. The van der Waals surface area contributed by atoms with Gasteiger partial charge in [-0.05, 0) is 61.9 Å². The number of carbonyl (C=O) groups is 1.